The molecule has 5 nitrogen and oxygen atoms in total. The van der Waals surface area contributed by atoms with Crippen LogP contribution in [-0.4, -0.2) is 53.6 Å². The molecule has 0 aromatic heterocycles. The Morgan fingerprint density at radius 3 is 2.75 bits per heavy atom. The van der Waals surface area contributed by atoms with Crippen LogP contribution in [0, 0.1) is 0 Å². The number of piperidine rings is 2. The molecule has 2 fully saturated rings. The van der Waals surface area contributed by atoms with Crippen molar-refractivity contribution in [2.24, 2.45) is 0 Å². The molecule has 0 aliphatic carbocycles. The van der Waals surface area contributed by atoms with Crippen molar-refractivity contribution in [3.05, 3.63) is 35.9 Å². The first kappa shape index (κ1) is 16.7. The van der Waals surface area contributed by atoms with Gasteiger partial charge in [-0.1, -0.05) is 30.3 Å². The fraction of sp³-hybridized carbons (Fsp3) is 0.556. The number of amides is 2. The number of benzene rings is 1. The van der Waals surface area contributed by atoms with Crippen molar-refractivity contribution in [1.29, 1.82) is 0 Å². The van der Waals surface area contributed by atoms with Crippen molar-refractivity contribution >= 4 is 12.0 Å². The van der Waals surface area contributed by atoms with Crippen LogP contribution in [0.25, 0.3) is 0 Å². The monoisotopic (exact) mass is 334 g/mol. The van der Waals surface area contributed by atoms with Crippen LogP contribution in [0.15, 0.2) is 30.3 Å². The first-order valence-electron chi connectivity index (χ1n) is 8.54. The van der Waals surface area contributed by atoms with E-state index < -0.39 is 18.3 Å². The lowest BCUT2D eigenvalue weighted by atomic mass is 9.99. The van der Waals surface area contributed by atoms with Gasteiger partial charge in [0, 0.05) is 26.1 Å². The van der Waals surface area contributed by atoms with Crippen LogP contribution < -0.4 is 0 Å². The summed E-state index contributed by atoms with van der Waals surface area (Å²) in [5.74, 6) is -0.00611. The molecular formula is C18H23FN2O3. The highest BCUT2D eigenvalue weighted by molar-refractivity contribution is 5.77. The molecule has 2 amide bonds. The molecular weight excluding hydrogens is 311 g/mol. The fourth-order valence-corrected chi connectivity index (χ4v) is 3.35. The fourth-order valence-electron chi connectivity index (χ4n) is 3.35. The van der Waals surface area contributed by atoms with Gasteiger partial charge in [-0.15, -0.1) is 0 Å². The maximum absolute atomic E-state index is 14.3. The zero-order chi connectivity index (χ0) is 16.9. The number of rotatable bonds is 3. The minimum Gasteiger partial charge on any atom is -0.445 e. The second-order valence-corrected chi connectivity index (χ2v) is 6.40. The normalized spacial score (nSPS) is 24.8. The molecule has 1 aromatic carbocycles. The van der Waals surface area contributed by atoms with Gasteiger partial charge in [0.1, 0.15) is 12.8 Å². The smallest absolute Gasteiger partial charge is 0.410 e. The molecule has 2 unspecified atom stereocenters. The van der Waals surface area contributed by atoms with Crippen molar-refractivity contribution in [2.45, 2.75) is 44.5 Å². The highest BCUT2D eigenvalue weighted by Crippen LogP contribution is 2.24. The Hall–Kier alpha value is -2.11. The summed E-state index contributed by atoms with van der Waals surface area (Å²) in [5, 5.41) is 0. The largest absolute Gasteiger partial charge is 0.445 e. The topological polar surface area (TPSA) is 49.9 Å². The SMILES string of the molecule is O=C(OCc1ccccc1)N1CCC(F)C(N2CCCCC2=O)C1. The molecule has 2 aliphatic rings. The summed E-state index contributed by atoms with van der Waals surface area (Å²) in [6, 6.07) is 8.89. The third kappa shape index (κ3) is 3.86. The van der Waals surface area contributed by atoms with E-state index in [0.29, 0.717) is 19.5 Å². The standard InChI is InChI=1S/C18H23FN2O3/c19-15-9-11-20(12-16(15)21-10-5-4-8-17(21)22)18(23)24-13-14-6-2-1-3-7-14/h1-3,6-7,15-16H,4-5,8-13H2. The van der Waals surface area contributed by atoms with E-state index in [9.17, 15) is 14.0 Å². The third-order valence-electron chi connectivity index (χ3n) is 4.72. The molecule has 2 saturated heterocycles. The van der Waals surface area contributed by atoms with Crippen LogP contribution in [0.4, 0.5) is 9.18 Å². The quantitative estimate of drug-likeness (QED) is 0.854. The Balaban J connectivity index is 1.58. The summed E-state index contributed by atoms with van der Waals surface area (Å²) >= 11 is 0. The third-order valence-corrected chi connectivity index (χ3v) is 4.72. The Morgan fingerprint density at radius 1 is 1.21 bits per heavy atom. The molecule has 6 heteroatoms. The number of hydrogen-bond acceptors (Lipinski definition) is 3. The highest BCUT2D eigenvalue weighted by atomic mass is 19.1. The van der Waals surface area contributed by atoms with E-state index in [1.54, 1.807) is 4.90 Å². The van der Waals surface area contributed by atoms with Crippen LogP contribution in [0.3, 0.4) is 0 Å². The van der Waals surface area contributed by atoms with Gasteiger partial charge >= 0.3 is 6.09 Å². The lowest BCUT2D eigenvalue weighted by Gasteiger charge is -2.42. The first-order valence-corrected chi connectivity index (χ1v) is 8.54. The molecule has 0 spiro atoms. The molecule has 0 bridgehead atoms. The van der Waals surface area contributed by atoms with Gasteiger partial charge < -0.3 is 14.5 Å². The van der Waals surface area contributed by atoms with E-state index >= 15 is 0 Å². The lowest BCUT2D eigenvalue weighted by Crippen LogP contribution is -2.57. The van der Waals surface area contributed by atoms with Gasteiger partial charge in [0.15, 0.2) is 0 Å². The van der Waals surface area contributed by atoms with Gasteiger partial charge in [0.05, 0.1) is 6.04 Å². The van der Waals surface area contributed by atoms with Gasteiger partial charge in [-0.2, -0.15) is 0 Å². The van der Waals surface area contributed by atoms with Gasteiger partial charge in [-0.3, -0.25) is 4.79 Å². The second-order valence-electron chi connectivity index (χ2n) is 6.40. The Kier molecular flexibility index (Phi) is 5.33. The van der Waals surface area contributed by atoms with E-state index in [1.807, 2.05) is 30.3 Å². The molecule has 2 aliphatic heterocycles. The predicted molar refractivity (Wildman–Crippen MR) is 87.1 cm³/mol. The minimum absolute atomic E-state index is 0.00611. The van der Waals surface area contributed by atoms with Gasteiger partial charge in [0.25, 0.3) is 0 Å². The van der Waals surface area contributed by atoms with Gasteiger partial charge in [-0.25, -0.2) is 9.18 Å². The Morgan fingerprint density at radius 2 is 2.00 bits per heavy atom. The number of halogens is 1. The van der Waals surface area contributed by atoms with Crippen LogP contribution in [-0.2, 0) is 16.1 Å². The number of nitrogens with zero attached hydrogens (tertiary/aromatic N) is 2. The van der Waals surface area contributed by atoms with E-state index in [0.717, 1.165) is 18.4 Å². The number of hydrogen-bond donors (Lipinski definition) is 0. The number of carbonyl (C=O) groups excluding carboxylic acids is 2. The average molecular weight is 334 g/mol. The maximum atomic E-state index is 14.3. The molecule has 130 valence electrons. The summed E-state index contributed by atoms with van der Waals surface area (Å²) in [7, 11) is 0. The summed E-state index contributed by atoms with van der Waals surface area (Å²) in [6.45, 7) is 1.31. The molecule has 2 heterocycles. The minimum atomic E-state index is -1.08. The molecule has 0 radical (unpaired) electrons. The average Bonchev–Trinajstić information content (AvgIpc) is 2.62. The number of carbonyl (C=O) groups is 2. The number of ether oxygens (including phenoxy) is 1. The summed E-state index contributed by atoms with van der Waals surface area (Å²) in [5.41, 5.74) is 0.911. The molecule has 3 rings (SSSR count). The predicted octanol–water partition coefficient (Wildman–Crippen LogP) is 2.75. The van der Waals surface area contributed by atoms with E-state index in [1.165, 1.54) is 4.90 Å². The van der Waals surface area contributed by atoms with Crippen LogP contribution in [0.1, 0.15) is 31.2 Å². The van der Waals surface area contributed by atoms with Crippen molar-refractivity contribution in [3.8, 4) is 0 Å². The first-order chi connectivity index (χ1) is 11.6. The summed E-state index contributed by atoms with van der Waals surface area (Å²) in [6.07, 6.45) is 0.955. The number of alkyl halides is 1. The van der Waals surface area contributed by atoms with Crippen LogP contribution in [0.2, 0.25) is 0 Å². The van der Waals surface area contributed by atoms with Crippen LogP contribution in [0.5, 0.6) is 0 Å². The van der Waals surface area contributed by atoms with Gasteiger partial charge in [-0.05, 0) is 24.8 Å². The zero-order valence-electron chi connectivity index (χ0n) is 13.7. The highest BCUT2D eigenvalue weighted by Gasteiger charge is 2.38. The molecule has 1 aromatic rings. The molecule has 0 saturated carbocycles. The maximum Gasteiger partial charge on any atom is 0.410 e. The molecule has 2 atom stereocenters. The lowest BCUT2D eigenvalue weighted by molar-refractivity contribution is -0.139. The van der Waals surface area contributed by atoms with Crippen molar-refractivity contribution < 1.29 is 18.7 Å². The van der Waals surface area contributed by atoms with E-state index in [2.05, 4.69) is 0 Å². The molecule has 24 heavy (non-hydrogen) atoms. The second kappa shape index (κ2) is 7.64. The van der Waals surface area contributed by atoms with Crippen LogP contribution >= 0.6 is 0 Å². The Labute approximate surface area is 141 Å². The van der Waals surface area contributed by atoms with E-state index in [-0.39, 0.29) is 25.5 Å². The zero-order valence-corrected chi connectivity index (χ0v) is 13.7. The Bertz CT molecular complexity index is 581. The molecule has 0 N–H and O–H groups in total. The van der Waals surface area contributed by atoms with Crippen molar-refractivity contribution in [1.82, 2.24) is 9.80 Å². The van der Waals surface area contributed by atoms with Crippen molar-refractivity contribution in [2.75, 3.05) is 19.6 Å². The van der Waals surface area contributed by atoms with Crippen molar-refractivity contribution in [3.63, 3.8) is 0 Å². The summed E-state index contributed by atoms with van der Waals surface area (Å²) in [4.78, 5) is 27.5. The van der Waals surface area contributed by atoms with Gasteiger partial charge in [0.2, 0.25) is 5.91 Å². The number of likely N-dealkylation sites (tertiary alicyclic amines) is 2. The van der Waals surface area contributed by atoms with E-state index in [4.69, 9.17) is 4.74 Å². The summed E-state index contributed by atoms with van der Waals surface area (Å²) < 4.78 is 19.6.